The molecule has 37 heavy (non-hydrogen) atoms. The van der Waals surface area contributed by atoms with E-state index < -0.39 is 0 Å². The third kappa shape index (κ3) is 5.03. The average Bonchev–Trinajstić information content (AvgIpc) is 3.34. The van der Waals surface area contributed by atoms with Crippen molar-refractivity contribution in [3.63, 3.8) is 0 Å². The number of aryl methyl sites for hydroxylation is 1. The molecule has 0 spiro atoms. The van der Waals surface area contributed by atoms with Gasteiger partial charge in [0, 0.05) is 38.2 Å². The molecule has 0 saturated heterocycles. The second kappa shape index (κ2) is 10.4. The molecule has 0 bridgehead atoms. The molecule has 0 aromatic carbocycles. The Morgan fingerprint density at radius 3 is 2.81 bits per heavy atom. The van der Waals surface area contributed by atoms with Crippen LogP contribution in [0.4, 0.5) is 17.3 Å². The molecule has 5 rings (SSSR count). The van der Waals surface area contributed by atoms with E-state index in [2.05, 4.69) is 31.0 Å². The Morgan fingerprint density at radius 2 is 2.05 bits per heavy atom. The van der Waals surface area contributed by atoms with Crippen molar-refractivity contribution in [1.82, 2.24) is 29.5 Å². The topological polar surface area (TPSA) is 127 Å². The summed E-state index contributed by atoms with van der Waals surface area (Å²) in [6.45, 7) is 1.89. The maximum atomic E-state index is 13.2. The standard InChI is InChI=1S/C26H30N8O3/c1-16-9-10-18(14-28-16)33-11-5-8-21(26(33)36)31-22-13-23(27-2)34-24(32-22)20(15-29-34)25(35)30-17-6-4-7-19(12-17)37-3/h5,8-11,13-15,17,19,27H,4,6-7,12H2,1-3H3,(H,30,35)(H,31,32)/t17?,19-/m0/s1. The molecule has 4 aromatic rings. The van der Waals surface area contributed by atoms with Gasteiger partial charge in [0.2, 0.25) is 0 Å². The van der Waals surface area contributed by atoms with E-state index in [1.165, 1.54) is 10.8 Å². The fourth-order valence-electron chi connectivity index (χ4n) is 4.65. The first-order valence-electron chi connectivity index (χ1n) is 12.3. The van der Waals surface area contributed by atoms with E-state index in [1.54, 1.807) is 49.3 Å². The number of rotatable bonds is 7. The van der Waals surface area contributed by atoms with Crippen LogP contribution in [-0.2, 0) is 4.74 Å². The summed E-state index contributed by atoms with van der Waals surface area (Å²) in [5.74, 6) is 0.778. The minimum absolute atomic E-state index is 0.0327. The van der Waals surface area contributed by atoms with Gasteiger partial charge in [0.1, 0.15) is 22.9 Å². The Hall–Kier alpha value is -4.25. The zero-order chi connectivity index (χ0) is 25.9. The Balaban J connectivity index is 1.45. The highest BCUT2D eigenvalue weighted by molar-refractivity contribution is 6.00. The van der Waals surface area contributed by atoms with Gasteiger partial charge in [0.15, 0.2) is 5.65 Å². The Morgan fingerprint density at radius 1 is 1.19 bits per heavy atom. The van der Waals surface area contributed by atoms with Crippen molar-refractivity contribution in [3.8, 4) is 5.69 Å². The van der Waals surface area contributed by atoms with Crippen LogP contribution in [0, 0.1) is 6.92 Å². The van der Waals surface area contributed by atoms with Crippen LogP contribution in [0.1, 0.15) is 41.7 Å². The van der Waals surface area contributed by atoms with Crippen LogP contribution in [0.25, 0.3) is 11.3 Å². The van der Waals surface area contributed by atoms with Crippen LogP contribution in [0.2, 0.25) is 0 Å². The number of nitrogens with one attached hydrogen (secondary N) is 3. The van der Waals surface area contributed by atoms with Crippen molar-refractivity contribution < 1.29 is 9.53 Å². The molecule has 1 aliphatic rings. The van der Waals surface area contributed by atoms with Gasteiger partial charge in [-0.15, -0.1) is 0 Å². The molecule has 3 N–H and O–H groups in total. The molecule has 2 atom stereocenters. The van der Waals surface area contributed by atoms with E-state index in [-0.39, 0.29) is 23.6 Å². The van der Waals surface area contributed by atoms with Crippen molar-refractivity contribution >= 4 is 28.9 Å². The Kier molecular flexibility index (Phi) is 6.87. The second-order valence-electron chi connectivity index (χ2n) is 9.14. The quantitative estimate of drug-likeness (QED) is 0.352. The predicted octanol–water partition coefficient (Wildman–Crippen LogP) is 3.06. The van der Waals surface area contributed by atoms with Crippen LogP contribution >= 0.6 is 0 Å². The van der Waals surface area contributed by atoms with Gasteiger partial charge in [0.05, 0.1) is 24.2 Å². The van der Waals surface area contributed by atoms with Gasteiger partial charge in [-0.25, -0.2) is 4.98 Å². The predicted molar refractivity (Wildman–Crippen MR) is 141 cm³/mol. The van der Waals surface area contributed by atoms with Crippen molar-refractivity contribution in [1.29, 1.82) is 0 Å². The van der Waals surface area contributed by atoms with Gasteiger partial charge in [-0.2, -0.15) is 9.61 Å². The van der Waals surface area contributed by atoms with Crippen molar-refractivity contribution in [2.45, 2.75) is 44.8 Å². The molecular formula is C26H30N8O3. The third-order valence-electron chi connectivity index (χ3n) is 6.65. The lowest BCUT2D eigenvalue weighted by Crippen LogP contribution is -2.40. The summed E-state index contributed by atoms with van der Waals surface area (Å²) in [5.41, 5.74) is 2.34. The molecule has 192 valence electrons. The number of methoxy groups -OCH3 is 1. The number of anilines is 3. The maximum absolute atomic E-state index is 13.2. The number of hydrogen-bond donors (Lipinski definition) is 3. The molecular weight excluding hydrogens is 472 g/mol. The first kappa shape index (κ1) is 24.4. The highest BCUT2D eigenvalue weighted by atomic mass is 16.5. The molecule has 0 radical (unpaired) electrons. The summed E-state index contributed by atoms with van der Waals surface area (Å²) >= 11 is 0. The van der Waals surface area contributed by atoms with Gasteiger partial charge < -0.3 is 20.7 Å². The number of ether oxygens (including phenoxy) is 1. The Bertz CT molecular complexity index is 1480. The van der Waals surface area contributed by atoms with Gasteiger partial charge in [-0.05, 0) is 56.9 Å². The maximum Gasteiger partial charge on any atom is 0.278 e. The van der Waals surface area contributed by atoms with Crippen LogP contribution in [-0.4, -0.2) is 56.4 Å². The smallest absolute Gasteiger partial charge is 0.278 e. The minimum Gasteiger partial charge on any atom is -0.381 e. The largest absolute Gasteiger partial charge is 0.381 e. The number of hydrogen-bond acceptors (Lipinski definition) is 8. The van der Waals surface area contributed by atoms with Crippen LogP contribution < -0.4 is 21.5 Å². The first-order chi connectivity index (χ1) is 18.0. The van der Waals surface area contributed by atoms with E-state index in [0.29, 0.717) is 34.2 Å². The molecule has 11 heteroatoms. The van der Waals surface area contributed by atoms with Crippen LogP contribution in [0.3, 0.4) is 0 Å². The second-order valence-corrected chi connectivity index (χ2v) is 9.14. The fourth-order valence-corrected chi connectivity index (χ4v) is 4.65. The van der Waals surface area contributed by atoms with Crippen LogP contribution in [0.5, 0.6) is 0 Å². The van der Waals surface area contributed by atoms with E-state index in [0.717, 1.165) is 31.4 Å². The number of nitrogens with zero attached hydrogens (tertiary/aromatic N) is 5. The lowest BCUT2D eigenvalue weighted by molar-refractivity contribution is 0.0563. The van der Waals surface area contributed by atoms with E-state index in [1.807, 2.05) is 19.1 Å². The number of fused-ring (bicyclic) bond motifs is 1. The number of carbonyl (C=O) groups is 1. The molecule has 1 fully saturated rings. The number of amides is 1. The van der Waals surface area contributed by atoms with Crippen LogP contribution in [0.15, 0.2) is 53.7 Å². The summed E-state index contributed by atoms with van der Waals surface area (Å²) in [5, 5.41) is 13.7. The first-order valence-corrected chi connectivity index (χ1v) is 12.3. The average molecular weight is 503 g/mol. The summed E-state index contributed by atoms with van der Waals surface area (Å²) in [7, 11) is 3.46. The lowest BCUT2D eigenvalue weighted by atomic mass is 9.92. The highest BCUT2D eigenvalue weighted by Gasteiger charge is 2.25. The van der Waals surface area contributed by atoms with Gasteiger partial charge in [-0.1, -0.05) is 0 Å². The normalized spacial score (nSPS) is 17.5. The zero-order valence-electron chi connectivity index (χ0n) is 21.1. The minimum atomic E-state index is -0.252. The summed E-state index contributed by atoms with van der Waals surface area (Å²) in [6.07, 6.45) is 8.70. The Labute approximate surface area is 213 Å². The lowest BCUT2D eigenvalue weighted by Gasteiger charge is -2.28. The molecule has 0 aliphatic heterocycles. The molecule has 4 heterocycles. The van der Waals surface area contributed by atoms with Gasteiger partial charge >= 0.3 is 0 Å². The zero-order valence-corrected chi connectivity index (χ0v) is 21.1. The third-order valence-corrected chi connectivity index (χ3v) is 6.65. The molecule has 4 aromatic heterocycles. The van der Waals surface area contributed by atoms with Gasteiger partial charge in [-0.3, -0.25) is 19.1 Å². The number of aromatic nitrogens is 5. The molecule has 1 saturated carbocycles. The summed E-state index contributed by atoms with van der Waals surface area (Å²) < 4.78 is 8.58. The van der Waals surface area contributed by atoms with Crippen molar-refractivity contribution in [2.24, 2.45) is 0 Å². The van der Waals surface area contributed by atoms with Crippen molar-refractivity contribution in [2.75, 3.05) is 24.8 Å². The molecule has 11 nitrogen and oxygen atoms in total. The van der Waals surface area contributed by atoms with Gasteiger partial charge in [0.25, 0.3) is 11.5 Å². The monoisotopic (exact) mass is 502 g/mol. The summed E-state index contributed by atoms with van der Waals surface area (Å²) in [4.78, 5) is 35.3. The molecule has 1 amide bonds. The van der Waals surface area contributed by atoms with E-state index in [4.69, 9.17) is 4.74 Å². The van der Waals surface area contributed by atoms with E-state index in [9.17, 15) is 9.59 Å². The molecule has 1 aliphatic carbocycles. The van der Waals surface area contributed by atoms with E-state index >= 15 is 0 Å². The van der Waals surface area contributed by atoms with Crippen molar-refractivity contribution in [3.05, 3.63) is 70.5 Å². The summed E-state index contributed by atoms with van der Waals surface area (Å²) in [6, 6.07) is 8.92. The number of pyridine rings is 2. The SMILES string of the molecule is CNc1cc(Nc2cccn(-c3ccc(C)nc3)c2=O)nc2c(C(=O)NC3CCC[C@H](OC)C3)cnn12. The highest BCUT2D eigenvalue weighted by Crippen LogP contribution is 2.23. The fraction of sp³-hybridized carbons (Fsp3) is 0.346. The number of carbonyl (C=O) groups excluding carboxylic acids is 1. The molecule has 1 unspecified atom stereocenters.